The number of aliphatic hydroxyl groups excluding tert-OH is 1. The number of carbonyl (C=O) groups excluding carboxylic acids is 1. The summed E-state index contributed by atoms with van der Waals surface area (Å²) in [6.07, 6.45) is 5.62. The number of hydrogen-bond acceptors (Lipinski definition) is 11. The average molecular weight is 724 g/mol. The first kappa shape index (κ1) is 39.8. The number of hydrogen-bond donors (Lipinski definition) is 2. The summed E-state index contributed by atoms with van der Waals surface area (Å²) in [5.74, 6) is -3.70. The molecule has 0 aliphatic carbocycles. The first-order valence-electron chi connectivity index (χ1n) is 20.0. The molecule has 0 aromatic carbocycles. The molecular weight excluding hydrogens is 656 g/mol. The Bertz CT molecular complexity index is 1230. The molecule has 6 fully saturated rings. The Morgan fingerprint density at radius 1 is 0.882 bits per heavy atom. The van der Waals surface area contributed by atoms with Crippen LogP contribution in [0, 0.1) is 41.4 Å². The lowest BCUT2D eigenvalue weighted by atomic mass is 9.78. The SMILES string of the molecule is CO[C@H]1C[C@@H](C[C@H]2CC[C@H](C)[C@H]([C@H](C)C(=O)[O-])O2)O[C@]2(O[C@](C)([C@H]3CC[C@](C)([C@@H]4O[C@@H]([C@H]5O[C@@](O)(CO)[C@H](C)C[C@@H]5C)C[C@@H]4C)O3)C[C@@H]2C)[C@@H]1C. The van der Waals surface area contributed by atoms with Crippen LogP contribution in [0.4, 0.5) is 0 Å². The van der Waals surface area contributed by atoms with Crippen LogP contribution in [0.5, 0.6) is 0 Å². The number of ether oxygens (including phenoxy) is 7. The van der Waals surface area contributed by atoms with E-state index >= 15 is 0 Å². The third kappa shape index (κ3) is 7.19. The van der Waals surface area contributed by atoms with Gasteiger partial charge in [0.25, 0.3) is 0 Å². The second-order valence-electron chi connectivity index (χ2n) is 18.4. The molecule has 0 aromatic heterocycles. The van der Waals surface area contributed by atoms with Crippen LogP contribution in [0.3, 0.4) is 0 Å². The molecule has 0 aromatic rings. The normalized spacial score (nSPS) is 54.2. The fourth-order valence-electron chi connectivity index (χ4n) is 11.3. The predicted octanol–water partition coefficient (Wildman–Crippen LogP) is 4.37. The number of aliphatic carboxylic acids is 1. The van der Waals surface area contributed by atoms with Crippen molar-refractivity contribution >= 4 is 5.97 Å². The van der Waals surface area contributed by atoms with Crippen LogP contribution in [0.25, 0.3) is 0 Å². The van der Waals surface area contributed by atoms with Gasteiger partial charge < -0.3 is 53.3 Å². The fraction of sp³-hybridized carbons (Fsp3) is 0.975. The number of carboxylic acids is 1. The summed E-state index contributed by atoms with van der Waals surface area (Å²) < 4.78 is 46.9. The summed E-state index contributed by atoms with van der Waals surface area (Å²) in [7, 11) is 1.76. The molecule has 11 nitrogen and oxygen atoms in total. The number of methoxy groups -OCH3 is 1. The van der Waals surface area contributed by atoms with Gasteiger partial charge in [0.2, 0.25) is 0 Å². The summed E-state index contributed by atoms with van der Waals surface area (Å²) in [4.78, 5) is 11.7. The lowest BCUT2D eigenvalue weighted by Gasteiger charge is -2.50. The zero-order valence-corrected chi connectivity index (χ0v) is 32.8. The van der Waals surface area contributed by atoms with E-state index in [2.05, 4.69) is 48.5 Å². The predicted molar refractivity (Wildman–Crippen MR) is 186 cm³/mol. The molecule has 0 unspecified atom stereocenters. The summed E-state index contributed by atoms with van der Waals surface area (Å²) >= 11 is 0. The number of rotatable bonds is 9. The van der Waals surface area contributed by atoms with Gasteiger partial charge in [-0.15, -0.1) is 0 Å². The van der Waals surface area contributed by atoms with E-state index in [4.69, 9.17) is 33.2 Å². The van der Waals surface area contributed by atoms with E-state index in [0.29, 0.717) is 6.42 Å². The molecule has 294 valence electrons. The van der Waals surface area contributed by atoms with Gasteiger partial charge >= 0.3 is 0 Å². The highest BCUT2D eigenvalue weighted by Crippen LogP contribution is 2.57. The average Bonchev–Trinajstić information content (AvgIpc) is 3.75. The minimum Gasteiger partial charge on any atom is -0.550 e. The largest absolute Gasteiger partial charge is 0.550 e. The highest BCUT2D eigenvalue weighted by atomic mass is 16.7. The van der Waals surface area contributed by atoms with Gasteiger partial charge in [-0.3, -0.25) is 0 Å². The lowest BCUT2D eigenvalue weighted by Crippen LogP contribution is -2.58. The van der Waals surface area contributed by atoms with Gasteiger partial charge in [0.05, 0.1) is 66.6 Å². The van der Waals surface area contributed by atoms with Crippen LogP contribution >= 0.6 is 0 Å². The quantitative estimate of drug-likeness (QED) is 0.350. The molecule has 51 heavy (non-hydrogen) atoms. The number of aliphatic hydroxyl groups is 2. The van der Waals surface area contributed by atoms with Crippen molar-refractivity contribution in [3.63, 3.8) is 0 Å². The van der Waals surface area contributed by atoms with Crippen molar-refractivity contribution in [3.8, 4) is 0 Å². The molecule has 2 N–H and O–H groups in total. The molecule has 6 aliphatic rings. The van der Waals surface area contributed by atoms with Crippen molar-refractivity contribution < 1.29 is 53.3 Å². The second kappa shape index (κ2) is 14.6. The van der Waals surface area contributed by atoms with Crippen molar-refractivity contribution in [2.24, 2.45) is 41.4 Å². The van der Waals surface area contributed by atoms with E-state index in [1.165, 1.54) is 0 Å². The van der Waals surface area contributed by atoms with E-state index < -0.39 is 41.3 Å². The van der Waals surface area contributed by atoms with Gasteiger partial charge in [-0.05, 0) is 76.5 Å². The molecule has 11 heteroatoms. The monoisotopic (exact) mass is 723 g/mol. The Labute approximate surface area is 305 Å². The van der Waals surface area contributed by atoms with Crippen molar-refractivity contribution in [3.05, 3.63) is 0 Å². The Kier molecular flexibility index (Phi) is 11.4. The smallest absolute Gasteiger partial charge is 0.192 e. The van der Waals surface area contributed by atoms with Gasteiger partial charge in [0.15, 0.2) is 11.6 Å². The Morgan fingerprint density at radius 2 is 1.61 bits per heavy atom. The topological polar surface area (TPSA) is 145 Å². The van der Waals surface area contributed by atoms with Gasteiger partial charge in [0, 0.05) is 49.6 Å². The first-order valence-corrected chi connectivity index (χ1v) is 20.0. The van der Waals surface area contributed by atoms with Crippen LogP contribution < -0.4 is 5.11 Å². The minimum atomic E-state index is -1.55. The Balaban J connectivity index is 1.13. The molecule has 0 amide bonds. The van der Waals surface area contributed by atoms with Crippen LogP contribution in [-0.4, -0.2) is 102 Å². The van der Waals surface area contributed by atoms with Crippen LogP contribution in [0.1, 0.15) is 120 Å². The maximum atomic E-state index is 11.7. The number of carbonyl (C=O) groups is 1. The maximum absolute atomic E-state index is 11.7. The molecule has 0 saturated carbocycles. The Morgan fingerprint density at radius 3 is 2.27 bits per heavy atom. The van der Waals surface area contributed by atoms with Crippen molar-refractivity contribution in [1.29, 1.82) is 0 Å². The van der Waals surface area contributed by atoms with Crippen LogP contribution in [-0.2, 0) is 38.0 Å². The summed E-state index contributed by atoms with van der Waals surface area (Å²) in [5, 5.41) is 32.7. The molecule has 1 spiro atoms. The third-order valence-corrected chi connectivity index (χ3v) is 14.4. The molecule has 6 saturated heterocycles. The van der Waals surface area contributed by atoms with Crippen LogP contribution in [0.2, 0.25) is 0 Å². The van der Waals surface area contributed by atoms with E-state index in [-0.39, 0.29) is 84.3 Å². The zero-order valence-electron chi connectivity index (χ0n) is 32.8. The number of carboxylic acid groups (broad SMARTS) is 1. The minimum absolute atomic E-state index is 0.0155. The van der Waals surface area contributed by atoms with Crippen molar-refractivity contribution in [2.75, 3.05) is 13.7 Å². The molecular formula is C40H67O11-. The molecule has 0 radical (unpaired) electrons. The molecule has 0 bridgehead atoms. The standard InChI is InChI=1S/C40H68O11/c1-21-11-12-28(46-33(21)26(6)36(42)43)17-29-18-30(45-10)27(7)40(48-29)25(5)19-38(9,51-40)32-13-14-37(8,49-32)35-23(3)16-31(47-35)34-22(2)15-24(4)39(44,20-41)50-34/h21-35,41,44H,11-20H2,1-10H3,(H,42,43)/p-1/t21-,22-,23-,24+,25-,26-,27+,28+,29+,30-,31+,32+,33+,34-,35+,37+,38-,39-,40+/m0/s1. The van der Waals surface area contributed by atoms with Gasteiger partial charge in [-0.2, -0.15) is 0 Å². The van der Waals surface area contributed by atoms with Gasteiger partial charge in [-0.1, -0.05) is 48.5 Å². The van der Waals surface area contributed by atoms with E-state index in [1.54, 1.807) is 14.0 Å². The Hall–Kier alpha value is -0.890. The fourth-order valence-corrected chi connectivity index (χ4v) is 11.3. The first-order chi connectivity index (χ1) is 23.9. The molecule has 6 aliphatic heterocycles. The van der Waals surface area contributed by atoms with Crippen molar-refractivity contribution in [1.82, 2.24) is 0 Å². The lowest BCUT2D eigenvalue weighted by molar-refractivity contribution is -0.353. The van der Waals surface area contributed by atoms with Gasteiger partial charge in [-0.25, -0.2) is 0 Å². The highest BCUT2D eigenvalue weighted by Gasteiger charge is 2.65. The highest BCUT2D eigenvalue weighted by molar-refractivity contribution is 5.67. The molecule has 19 atom stereocenters. The summed E-state index contributed by atoms with van der Waals surface area (Å²) in [5.41, 5.74) is -1.11. The molecule has 6 heterocycles. The summed E-state index contributed by atoms with van der Waals surface area (Å²) in [6.45, 7) is 18.3. The summed E-state index contributed by atoms with van der Waals surface area (Å²) in [6, 6.07) is 0. The molecule has 6 rings (SSSR count). The van der Waals surface area contributed by atoms with E-state index in [0.717, 1.165) is 51.4 Å². The zero-order chi connectivity index (χ0) is 37.3. The maximum Gasteiger partial charge on any atom is 0.192 e. The van der Waals surface area contributed by atoms with E-state index in [1.807, 2.05) is 6.92 Å². The van der Waals surface area contributed by atoms with Gasteiger partial charge in [0.1, 0.15) is 0 Å². The second-order valence-corrected chi connectivity index (χ2v) is 18.4. The van der Waals surface area contributed by atoms with Crippen LogP contribution in [0.15, 0.2) is 0 Å². The van der Waals surface area contributed by atoms with E-state index in [9.17, 15) is 20.1 Å². The van der Waals surface area contributed by atoms with Crippen molar-refractivity contribution in [2.45, 2.75) is 192 Å². The third-order valence-electron chi connectivity index (χ3n) is 14.4.